The lowest BCUT2D eigenvalue weighted by Crippen LogP contribution is -1.99. The molecule has 4 rings (SSSR count). The molecule has 0 radical (unpaired) electrons. The number of aryl methyl sites for hydroxylation is 1. The molecule has 0 atom stereocenters. The Labute approximate surface area is 152 Å². The van der Waals surface area contributed by atoms with E-state index in [1.807, 2.05) is 18.2 Å². The Morgan fingerprint density at radius 3 is 2.83 bits per heavy atom. The quantitative estimate of drug-likeness (QED) is 0.437. The largest absolute Gasteiger partial charge is 0.319 e. The van der Waals surface area contributed by atoms with Crippen molar-refractivity contribution in [3.8, 4) is 0 Å². The number of rotatable bonds is 4. The van der Waals surface area contributed by atoms with Crippen molar-refractivity contribution in [3.05, 3.63) is 53.3 Å². The molecule has 2 aromatic heterocycles. The van der Waals surface area contributed by atoms with Gasteiger partial charge in [-0.1, -0.05) is 35.0 Å². The van der Waals surface area contributed by atoms with Crippen molar-refractivity contribution in [3.63, 3.8) is 0 Å². The highest BCUT2D eigenvalue weighted by Gasteiger charge is 2.14. The first-order valence-corrected chi connectivity index (χ1v) is 9.40. The van der Waals surface area contributed by atoms with Crippen LogP contribution in [0.25, 0.3) is 21.9 Å². The molecule has 24 heavy (non-hydrogen) atoms. The van der Waals surface area contributed by atoms with Gasteiger partial charge in [0.2, 0.25) is 0 Å². The van der Waals surface area contributed by atoms with Crippen LogP contribution in [0.5, 0.6) is 0 Å². The summed E-state index contributed by atoms with van der Waals surface area (Å²) in [7, 11) is 0. The Bertz CT molecular complexity index is 1030. The molecule has 0 spiro atoms. The maximum Gasteiger partial charge on any atom is 0.175 e. The van der Waals surface area contributed by atoms with Gasteiger partial charge in [-0.3, -0.25) is 0 Å². The summed E-state index contributed by atoms with van der Waals surface area (Å²) in [4.78, 5) is 13.7. The number of para-hydroxylation sites is 2. The van der Waals surface area contributed by atoms with E-state index in [0.717, 1.165) is 44.0 Å². The fraction of sp³-hybridized carbons (Fsp3) is 0.167. The highest BCUT2D eigenvalue weighted by atomic mass is 79.9. The standard InChI is InChI=1S/C18H15BrN4S/c1-2-9-23-16-6-4-3-5-15(16)22-18(23)24-17-13-10-12(19)7-8-14(13)20-11-21-17/h3-8,10-11H,2,9H2,1H3. The zero-order chi connectivity index (χ0) is 16.5. The van der Waals surface area contributed by atoms with Gasteiger partial charge in [-0.05, 0) is 48.5 Å². The lowest BCUT2D eigenvalue weighted by molar-refractivity contribution is 0.638. The molecule has 0 bridgehead atoms. The number of hydrogen-bond acceptors (Lipinski definition) is 4. The Morgan fingerprint density at radius 2 is 1.96 bits per heavy atom. The van der Waals surface area contributed by atoms with Crippen molar-refractivity contribution in [1.29, 1.82) is 0 Å². The first-order valence-electron chi connectivity index (χ1n) is 7.79. The van der Waals surface area contributed by atoms with Gasteiger partial charge in [0.1, 0.15) is 11.4 Å². The van der Waals surface area contributed by atoms with Gasteiger partial charge in [0.25, 0.3) is 0 Å². The second kappa shape index (κ2) is 6.53. The third-order valence-corrected chi connectivity index (χ3v) is 5.32. The van der Waals surface area contributed by atoms with Crippen LogP contribution in [0.1, 0.15) is 13.3 Å². The van der Waals surface area contributed by atoms with E-state index in [0.29, 0.717) is 0 Å². The molecule has 0 N–H and O–H groups in total. The second-order valence-corrected chi connectivity index (χ2v) is 7.35. The van der Waals surface area contributed by atoms with Crippen LogP contribution in [0, 0.1) is 0 Å². The molecule has 120 valence electrons. The highest BCUT2D eigenvalue weighted by Crippen LogP contribution is 2.33. The minimum atomic E-state index is 0.925. The second-order valence-electron chi connectivity index (χ2n) is 5.48. The van der Waals surface area contributed by atoms with Crippen LogP contribution in [0.15, 0.2) is 63.4 Å². The lowest BCUT2D eigenvalue weighted by Gasteiger charge is -2.08. The smallest absolute Gasteiger partial charge is 0.175 e. The zero-order valence-corrected chi connectivity index (χ0v) is 15.5. The number of aromatic nitrogens is 4. The predicted octanol–water partition coefficient (Wildman–Crippen LogP) is 5.30. The number of imidazole rings is 1. The molecule has 4 aromatic rings. The summed E-state index contributed by atoms with van der Waals surface area (Å²) < 4.78 is 3.29. The van der Waals surface area contributed by atoms with Crippen molar-refractivity contribution < 1.29 is 0 Å². The number of nitrogens with zero attached hydrogens (tertiary/aromatic N) is 4. The van der Waals surface area contributed by atoms with E-state index in [-0.39, 0.29) is 0 Å². The summed E-state index contributed by atoms with van der Waals surface area (Å²) in [6, 6.07) is 14.3. The molecule has 6 heteroatoms. The van der Waals surface area contributed by atoms with Crippen molar-refractivity contribution in [2.24, 2.45) is 0 Å². The predicted molar refractivity (Wildman–Crippen MR) is 101 cm³/mol. The molecule has 4 nitrogen and oxygen atoms in total. The average Bonchev–Trinajstić information content (AvgIpc) is 2.93. The molecule has 2 heterocycles. The fourth-order valence-corrected chi connectivity index (χ4v) is 4.10. The lowest BCUT2D eigenvalue weighted by atomic mass is 10.2. The highest BCUT2D eigenvalue weighted by molar-refractivity contribution is 9.10. The molecular formula is C18H15BrN4S. The van der Waals surface area contributed by atoms with E-state index in [4.69, 9.17) is 4.98 Å². The van der Waals surface area contributed by atoms with E-state index in [1.54, 1.807) is 18.1 Å². The number of benzene rings is 2. The van der Waals surface area contributed by atoms with E-state index in [1.165, 1.54) is 5.52 Å². The number of hydrogen-bond donors (Lipinski definition) is 0. The van der Waals surface area contributed by atoms with Crippen molar-refractivity contribution in [1.82, 2.24) is 19.5 Å². The maximum atomic E-state index is 4.81. The normalized spacial score (nSPS) is 11.4. The van der Waals surface area contributed by atoms with Crippen molar-refractivity contribution in [2.75, 3.05) is 0 Å². The molecule has 0 aliphatic heterocycles. The molecular weight excluding hydrogens is 384 g/mol. The topological polar surface area (TPSA) is 43.6 Å². The van der Waals surface area contributed by atoms with Gasteiger partial charge >= 0.3 is 0 Å². The number of fused-ring (bicyclic) bond motifs is 2. The summed E-state index contributed by atoms with van der Waals surface area (Å²) >= 11 is 5.13. The third kappa shape index (κ3) is 2.80. The van der Waals surface area contributed by atoms with Gasteiger partial charge in [-0.2, -0.15) is 0 Å². The molecule has 0 saturated carbocycles. The van der Waals surface area contributed by atoms with Crippen molar-refractivity contribution in [2.45, 2.75) is 30.1 Å². The van der Waals surface area contributed by atoms with Crippen LogP contribution in [-0.4, -0.2) is 19.5 Å². The summed E-state index contributed by atoms with van der Waals surface area (Å²) in [6.07, 6.45) is 2.68. The Morgan fingerprint density at radius 1 is 1.08 bits per heavy atom. The molecule has 2 aromatic carbocycles. The van der Waals surface area contributed by atoms with Gasteiger partial charge in [0.15, 0.2) is 5.16 Å². The van der Waals surface area contributed by atoms with Crippen LogP contribution in [0.4, 0.5) is 0 Å². The maximum absolute atomic E-state index is 4.81. The molecule has 0 aliphatic carbocycles. The van der Waals surface area contributed by atoms with E-state index in [9.17, 15) is 0 Å². The summed E-state index contributed by atoms with van der Waals surface area (Å²) in [5.41, 5.74) is 3.13. The Balaban J connectivity index is 1.85. The molecule has 0 aliphatic rings. The first-order chi connectivity index (χ1) is 11.8. The van der Waals surface area contributed by atoms with Gasteiger partial charge < -0.3 is 4.57 Å². The third-order valence-electron chi connectivity index (χ3n) is 3.82. The van der Waals surface area contributed by atoms with Crippen LogP contribution in [0.3, 0.4) is 0 Å². The van der Waals surface area contributed by atoms with Crippen LogP contribution >= 0.6 is 27.7 Å². The Hall–Kier alpha value is -1.92. The van der Waals surface area contributed by atoms with Gasteiger partial charge in [-0.25, -0.2) is 15.0 Å². The zero-order valence-electron chi connectivity index (χ0n) is 13.1. The van der Waals surface area contributed by atoms with Crippen LogP contribution < -0.4 is 0 Å². The monoisotopic (exact) mass is 398 g/mol. The van der Waals surface area contributed by atoms with E-state index < -0.39 is 0 Å². The molecule has 0 amide bonds. The molecule has 0 unspecified atom stereocenters. The Kier molecular flexibility index (Phi) is 4.24. The average molecular weight is 399 g/mol. The van der Waals surface area contributed by atoms with E-state index in [2.05, 4.69) is 61.7 Å². The fourth-order valence-electron chi connectivity index (χ4n) is 2.74. The minimum absolute atomic E-state index is 0.925. The van der Waals surface area contributed by atoms with Gasteiger partial charge in [0.05, 0.1) is 16.6 Å². The van der Waals surface area contributed by atoms with E-state index >= 15 is 0 Å². The van der Waals surface area contributed by atoms with Crippen LogP contribution in [0.2, 0.25) is 0 Å². The van der Waals surface area contributed by atoms with Crippen molar-refractivity contribution >= 4 is 49.6 Å². The molecule has 0 saturated heterocycles. The summed E-state index contributed by atoms with van der Waals surface area (Å²) in [5, 5.41) is 2.93. The number of halogens is 1. The summed E-state index contributed by atoms with van der Waals surface area (Å²) in [6.45, 7) is 3.12. The first kappa shape index (κ1) is 15.6. The van der Waals surface area contributed by atoms with Gasteiger partial charge in [0, 0.05) is 16.4 Å². The summed E-state index contributed by atoms with van der Waals surface area (Å²) in [5.74, 6) is 0. The van der Waals surface area contributed by atoms with Crippen LogP contribution in [-0.2, 0) is 6.54 Å². The molecule has 0 fully saturated rings. The van der Waals surface area contributed by atoms with Gasteiger partial charge in [-0.15, -0.1) is 0 Å². The minimum Gasteiger partial charge on any atom is -0.319 e. The SMILES string of the molecule is CCCn1c(Sc2ncnc3ccc(Br)cc23)nc2ccccc21.